The lowest BCUT2D eigenvalue weighted by molar-refractivity contribution is 0.0600. The van der Waals surface area contributed by atoms with E-state index in [4.69, 9.17) is 21.6 Å². The summed E-state index contributed by atoms with van der Waals surface area (Å²) in [6, 6.07) is 12.1. The van der Waals surface area contributed by atoms with Crippen molar-refractivity contribution in [1.82, 2.24) is 14.8 Å². The molecule has 9 nitrogen and oxygen atoms in total. The van der Waals surface area contributed by atoms with Crippen LogP contribution in [-0.2, 0) is 4.74 Å². The largest absolute Gasteiger partial charge is 0.465 e. The van der Waals surface area contributed by atoms with E-state index < -0.39 is 11.5 Å². The first-order valence-electron chi connectivity index (χ1n) is 9.85. The molecule has 0 aliphatic carbocycles. The molecule has 0 spiro atoms. The maximum Gasteiger partial charge on any atom is 0.340 e. The van der Waals surface area contributed by atoms with Crippen molar-refractivity contribution in [2.45, 2.75) is 0 Å². The third-order valence-electron chi connectivity index (χ3n) is 5.26. The minimum Gasteiger partial charge on any atom is -0.465 e. The Morgan fingerprint density at radius 2 is 1.84 bits per heavy atom. The number of anilines is 2. The maximum absolute atomic E-state index is 13.0. The summed E-state index contributed by atoms with van der Waals surface area (Å²) in [5.74, 6) is 0.169. The lowest BCUT2D eigenvalue weighted by Crippen LogP contribution is -2.47. The van der Waals surface area contributed by atoms with Crippen LogP contribution in [0.3, 0.4) is 0 Å². The zero-order chi connectivity index (χ0) is 22.7. The first kappa shape index (κ1) is 21.3. The Balaban J connectivity index is 1.57. The first-order chi connectivity index (χ1) is 15.5. The maximum atomic E-state index is 13.0. The van der Waals surface area contributed by atoms with E-state index in [1.165, 1.54) is 13.3 Å². The molecule has 0 saturated carbocycles. The van der Waals surface area contributed by atoms with Gasteiger partial charge in [0.15, 0.2) is 0 Å². The fraction of sp³-hybridized carbons (Fsp3) is 0.227. The molecule has 162 valence electrons. The molecule has 1 saturated heterocycles. The molecule has 32 heavy (non-hydrogen) atoms. The van der Waals surface area contributed by atoms with Gasteiger partial charge in [-0.3, -0.25) is 4.79 Å². The van der Waals surface area contributed by atoms with E-state index in [0.29, 0.717) is 43.1 Å². The number of benzene rings is 1. The van der Waals surface area contributed by atoms with Gasteiger partial charge in [0.2, 0.25) is 0 Å². The van der Waals surface area contributed by atoms with Crippen molar-refractivity contribution in [3.8, 4) is 11.8 Å². The quantitative estimate of drug-likeness (QED) is 0.557. The van der Waals surface area contributed by atoms with Gasteiger partial charge in [-0.05, 0) is 24.3 Å². The van der Waals surface area contributed by atoms with Gasteiger partial charge in [-0.1, -0.05) is 23.7 Å². The van der Waals surface area contributed by atoms with Crippen LogP contribution in [0.2, 0.25) is 5.02 Å². The van der Waals surface area contributed by atoms with Crippen molar-refractivity contribution in [1.29, 1.82) is 5.26 Å². The minimum atomic E-state index is -0.570. The summed E-state index contributed by atoms with van der Waals surface area (Å²) in [6.45, 7) is 2.49. The van der Waals surface area contributed by atoms with Gasteiger partial charge in [-0.25, -0.2) is 9.78 Å². The molecule has 0 atom stereocenters. The molecule has 2 aromatic heterocycles. The highest BCUT2D eigenvalue weighted by atomic mass is 35.5. The van der Waals surface area contributed by atoms with Gasteiger partial charge < -0.3 is 14.5 Å². The summed E-state index contributed by atoms with van der Waals surface area (Å²) in [5, 5.41) is 13.4. The van der Waals surface area contributed by atoms with E-state index in [-0.39, 0.29) is 10.6 Å². The highest BCUT2D eigenvalue weighted by Gasteiger charge is 2.23. The van der Waals surface area contributed by atoms with E-state index in [9.17, 15) is 9.59 Å². The second-order valence-corrected chi connectivity index (χ2v) is 7.44. The van der Waals surface area contributed by atoms with Crippen LogP contribution in [0, 0.1) is 11.3 Å². The molecule has 3 heterocycles. The Bertz CT molecular complexity index is 1260. The van der Waals surface area contributed by atoms with Crippen LogP contribution in [0.1, 0.15) is 15.9 Å². The van der Waals surface area contributed by atoms with Gasteiger partial charge in [0, 0.05) is 32.4 Å². The molecule has 1 aliphatic heterocycles. The molecule has 10 heteroatoms. The zero-order valence-electron chi connectivity index (χ0n) is 17.2. The van der Waals surface area contributed by atoms with Gasteiger partial charge >= 0.3 is 5.97 Å². The van der Waals surface area contributed by atoms with Crippen molar-refractivity contribution < 1.29 is 9.53 Å². The van der Waals surface area contributed by atoms with Crippen LogP contribution < -0.4 is 15.4 Å². The number of nitriles is 1. The van der Waals surface area contributed by atoms with Crippen molar-refractivity contribution >= 4 is 29.1 Å². The summed E-state index contributed by atoms with van der Waals surface area (Å²) in [7, 11) is 1.27. The lowest BCUT2D eigenvalue weighted by Gasteiger charge is -2.36. The molecule has 1 aromatic carbocycles. The molecule has 0 amide bonds. The van der Waals surface area contributed by atoms with Gasteiger partial charge in [-0.15, -0.1) is 0 Å². The number of piperazine rings is 1. The number of methoxy groups -OCH3 is 1. The Hall–Kier alpha value is -3.90. The number of carbonyl (C=O) groups excluding carboxylic acids is 1. The predicted octanol–water partition coefficient (Wildman–Crippen LogP) is 2.27. The fourth-order valence-electron chi connectivity index (χ4n) is 3.59. The average molecular weight is 451 g/mol. The third-order valence-corrected chi connectivity index (χ3v) is 5.61. The fourth-order valence-corrected chi connectivity index (χ4v) is 3.84. The second-order valence-electron chi connectivity index (χ2n) is 7.06. The van der Waals surface area contributed by atoms with E-state index in [1.54, 1.807) is 42.6 Å². The normalized spacial score (nSPS) is 13.5. The first-order valence-corrected chi connectivity index (χ1v) is 10.2. The number of ether oxygens (including phenoxy) is 1. The third kappa shape index (κ3) is 4.00. The van der Waals surface area contributed by atoms with Crippen LogP contribution in [0.25, 0.3) is 5.69 Å². The Kier molecular flexibility index (Phi) is 6.05. The number of pyridine rings is 1. The molecule has 0 N–H and O–H groups in total. The van der Waals surface area contributed by atoms with E-state index >= 15 is 0 Å². The standard InChI is InChI=1S/C22H19ClN6O3/c1-32-22(31)16-4-2-3-5-17(16)29-21(30)20(23)18(14-26-29)27-8-10-28(11-9-27)19-12-15(13-24)6-7-25-19/h2-7,12,14H,8-11H2,1H3. The molecule has 4 rings (SSSR count). The van der Waals surface area contributed by atoms with Crippen LogP contribution in [-0.4, -0.2) is 54.0 Å². The molecular formula is C22H19ClN6O3. The molecule has 1 aliphatic rings. The molecule has 0 unspecified atom stereocenters. The van der Waals surface area contributed by atoms with Gasteiger partial charge in [0.25, 0.3) is 5.56 Å². The lowest BCUT2D eigenvalue weighted by atomic mass is 10.2. The number of para-hydroxylation sites is 1. The number of rotatable bonds is 4. The smallest absolute Gasteiger partial charge is 0.340 e. The second kappa shape index (κ2) is 9.08. The van der Waals surface area contributed by atoms with Crippen molar-refractivity contribution in [2.24, 2.45) is 0 Å². The Morgan fingerprint density at radius 3 is 2.56 bits per heavy atom. The number of esters is 1. The predicted molar refractivity (Wildman–Crippen MR) is 120 cm³/mol. The number of nitrogens with zero attached hydrogens (tertiary/aromatic N) is 6. The number of aromatic nitrogens is 3. The minimum absolute atomic E-state index is 0.0257. The molecule has 0 radical (unpaired) electrons. The highest BCUT2D eigenvalue weighted by Crippen LogP contribution is 2.25. The SMILES string of the molecule is COC(=O)c1ccccc1-n1ncc(N2CCN(c3cc(C#N)ccn3)CC2)c(Cl)c1=O. The van der Waals surface area contributed by atoms with Crippen LogP contribution in [0.5, 0.6) is 0 Å². The number of hydrogen-bond donors (Lipinski definition) is 0. The number of halogens is 1. The summed E-state index contributed by atoms with van der Waals surface area (Å²) < 4.78 is 5.90. The summed E-state index contributed by atoms with van der Waals surface area (Å²) in [6.07, 6.45) is 3.15. The van der Waals surface area contributed by atoms with Gasteiger partial charge in [-0.2, -0.15) is 15.0 Å². The summed E-state index contributed by atoms with van der Waals surface area (Å²) in [5.41, 5.74) is 1.08. The van der Waals surface area contributed by atoms with Crippen molar-refractivity contribution in [3.63, 3.8) is 0 Å². The van der Waals surface area contributed by atoms with E-state index in [1.807, 2.05) is 4.90 Å². The zero-order valence-corrected chi connectivity index (χ0v) is 18.0. The number of hydrogen-bond acceptors (Lipinski definition) is 8. The molecule has 0 bridgehead atoms. The van der Waals surface area contributed by atoms with Crippen LogP contribution in [0.15, 0.2) is 53.6 Å². The molecule has 3 aromatic rings. The highest BCUT2D eigenvalue weighted by molar-refractivity contribution is 6.33. The van der Waals surface area contributed by atoms with Crippen LogP contribution >= 0.6 is 11.6 Å². The monoisotopic (exact) mass is 450 g/mol. The van der Waals surface area contributed by atoms with Crippen molar-refractivity contribution in [3.05, 3.63) is 75.3 Å². The summed E-state index contributed by atoms with van der Waals surface area (Å²) in [4.78, 5) is 33.5. The topological polar surface area (TPSA) is 104 Å². The summed E-state index contributed by atoms with van der Waals surface area (Å²) >= 11 is 6.45. The van der Waals surface area contributed by atoms with Crippen molar-refractivity contribution in [2.75, 3.05) is 43.1 Å². The van der Waals surface area contributed by atoms with E-state index in [2.05, 4.69) is 21.1 Å². The molecule has 1 fully saturated rings. The van der Waals surface area contributed by atoms with Gasteiger partial charge in [0.1, 0.15) is 10.8 Å². The van der Waals surface area contributed by atoms with Gasteiger partial charge in [0.05, 0.1) is 41.9 Å². The van der Waals surface area contributed by atoms with Crippen LogP contribution in [0.4, 0.5) is 11.5 Å². The van der Waals surface area contributed by atoms with E-state index in [0.717, 1.165) is 10.5 Å². The number of carbonyl (C=O) groups is 1. The average Bonchev–Trinajstić information content (AvgIpc) is 2.85. The Labute approximate surface area is 189 Å². The Morgan fingerprint density at radius 1 is 1.12 bits per heavy atom. The molecular weight excluding hydrogens is 432 g/mol.